The molecule has 0 radical (unpaired) electrons. The van der Waals surface area contributed by atoms with E-state index in [1.54, 1.807) is 0 Å². The van der Waals surface area contributed by atoms with E-state index in [0.29, 0.717) is 18.5 Å². The Morgan fingerprint density at radius 3 is 1.83 bits per heavy atom. The van der Waals surface area contributed by atoms with Gasteiger partial charge in [-0.1, -0.05) is 11.6 Å². The first-order valence-electron chi connectivity index (χ1n) is 6.25. The van der Waals surface area contributed by atoms with Crippen LogP contribution in [0, 0.1) is 0 Å². The van der Waals surface area contributed by atoms with Crippen LogP contribution in [0.1, 0.15) is 34.6 Å². The van der Waals surface area contributed by atoms with Gasteiger partial charge >= 0.3 is 7.60 Å². The fraction of sp³-hybridized carbons (Fsp3) is 0.692. The molecule has 0 aromatic rings. The third kappa shape index (κ3) is 4.27. The zero-order chi connectivity index (χ0) is 14.3. The molecule has 5 heteroatoms. The largest absolute Gasteiger partial charge is 0.377 e. The Bertz CT molecular complexity index is 358. The van der Waals surface area contributed by atoms with Gasteiger partial charge in [-0.05, 0) is 34.6 Å². The molecule has 0 aromatic heterocycles. The summed E-state index contributed by atoms with van der Waals surface area (Å²) in [5.41, 5.74) is 1.98. The lowest BCUT2D eigenvalue weighted by atomic mass is 10.2. The van der Waals surface area contributed by atoms with Crippen LogP contribution in [-0.4, -0.2) is 32.2 Å². The van der Waals surface area contributed by atoms with Crippen molar-refractivity contribution in [3.63, 3.8) is 0 Å². The maximum Gasteiger partial charge on any atom is 0.363 e. The number of hydrogen-bond donors (Lipinski definition) is 0. The molecule has 18 heavy (non-hydrogen) atoms. The first kappa shape index (κ1) is 17.4. The summed E-state index contributed by atoms with van der Waals surface area (Å²) in [5.74, 6) is 0. The summed E-state index contributed by atoms with van der Waals surface area (Å²) in [6.45, 7) is 10.2. The minimum Gasteiger partial charge on any atom is -0.377 e. The molecular formula is C13H26NO3P. The molecular weight excluding hydrogens is 249 g/mol. The predicted molar refractivity (Wildman–Crippen MR) is 76.7 cm³/mol. The van der Waals surface area contributed by atoms with Crippen LogP contribution in [0.15, 0.2) is 22.7 Å². The van der Waals surface area contributed by atoms with Gasteiger partial charge in [0.25, 0.3) is 0 Å². The Balaban J connectivity index is 5.68. The summed E-state index contributed by atoms with van der Waals surface area (Å²) in [7, 11) is 0.618. The molecule has 106 valence electrons. The standard InChI is InChI=1S/C13H26NO3P/c1-8-12(13(11(4)5)14(6)7)18(15,16-9-2)17-10-3/h8H,9-10H2,1-7H3/b12-8+. The molecule has 0 bridgehead atoms. The number of hydrogen-bond acceptors (Lipinski definition) is 4. The Morgan fingerprint density at radius 1 is 1.17 bits per heavy atom. The Hall–Kier alpha value is -0.570. The molecule has 0 aromatic carbocycles. The number of nitrogens with zero attached hydrogens (tertiary/aromatic N) is 1. The van der Waals surface area contributed by atoms with Crippen LogP contribution in [0.4, 0.5) is 0 Å². The molecule has 0 atom stereocenters. The van der Waals surface area contributed by atoms with Crippen LogP contribution in [0.3, 0.4) is 0 Å². The summed E-state index contributed by atoms with van der Waals surface area (Å²) in [6, 6.07) is 0. The molecule has 0 unspecified atom stereocenters. The second-order valence-electron chi connectivity index (χ2n) is 4.25. The monoisotopic (exact) mass is 275 g/mol. The topological polar surface area (TPSA) is 38.8 Å². The first-order valence-corrected chi connectivity index (χ1v) is 7.79. The fourth-order valence-corrected chi connectivity index (χ4v) is 3.91. The van der Waals surface area contributed by atoms with Crippen LogP contribution in [0.2, 0.25) is 0 Å². The van der Waals surface area contributed by atoms with E-state index in [9.17, 15) is 4.57 Å². The van der Waals surface area contributed by atoms with E-state index in [-0.39, 0.29) is 0 Å². The van der Waals surface area contributed by atoms with Crippen molar-refractivity contribution in [1.82, 2.24) is 4.90 Å². The van der Waals surface area contributed by atoms with Gasteiger partial charge in [0.1, 0.15) is 0 Å². The van der Waals surface area contributed by atoms with E-state index in [1.807, 2.05) is 59.7 Å². The molecule has 0 aliphatic carbocycles. The highest BCUT2D eigenvalue weighted by Gasteiger charge is 2.32. The van der Waals surface area contributed by atoms with Crippen LogP contribution in [0.25, 0.3) is 0 Å². The summed E-state index contributed by atoms with van der Waals surface area (Å²) in [6.07, 6.45) is 1.81. The Kier molecular flexibility index (Phi) is 7.53. The lowest BCUT2D eigenvalue weighted by Crippen LogP contribution is -2.16. The van der Waals surface area contributed by atoms with Crippen molar-refractivity contribution in [2.75, 3.05) is 27.3 Å². The van der Waals surface area contributed by atoms with Crippen molar-refractivity contribution in [2.24, 2.45) is 0 Å². The van der Waals surface area contributed by atoms with Gasteiger partial charge in [-0.25, -0.2) is 0 Å². The lowest BCUT2D eigenvalue weighted by molar-refractivity contribution is 0.225. The summed E-state index contributed by atoms with van der Waals surface area (Å²) in [5, 5.41) is 0.635. The lowest BCUT2D eigenvalue weighted by Gasteiger charge is -2.27. The average molecular weight is 275 g/mol. The summed E-state index contributed by atoms with van der Waals surface area (Å²) >= 11 is 0. The number of allylic oxidation sites excluding steroid dienone is 3. The Morgan fingerprint density at radius 2 is 1.61 bits per heavy atom. The van der Waals surface area contributed by atoms with Crippen molar-refractivity contribution in [2.45, 2.75) is 34.6 Å². The molecule has 0 aliphatic rings. The van der Waals surface area contributed by atoms with E-state index >= 15 is 0 Å². The maximum absolute atomic E-state index is 12.8. The van der Waals surface area contributed by atoms with Gasteiger partial charge in [0.15, 0.2) is 0 Å². The van der Waals surface area contributed by atoms with Crippen molar-refractivity contribution >= 4 is 7.60 Å². The van der Waals surface area contributed by atoms with Crippen LogP contribution >= 0.6 is 7.60 Å². The maximum atomic E-state index is 12.8. The quantitative estimate of drug-likeness (QED) is 0.520. The molecule has 0 fully saturated rings. The van der Waals surface area contributed by atoms with Gasteiger partial charge in [-0.15, -0.1) is 0 Å². The van der Waals surface area contributed by atoms with Gasteiger partial charge in [-0.3, -0.25) is 4.57 Å². The second-order valence-corrected chi connectivity index (χ2v) is 6.24. The highest BCUT2D eigenvalue weighted by atomic mass is 31.2. The third-order valence-electron chi connectivity index (χ3n) is 2.33. The second kappa shape index (κ2) is 7.78. The molecule has 0 heterocycles. The SMILES string of the molecule is C/C=C(\C(=C(C)C)N(C)C)P(=O)(OCC)OCC. The van der Waals surface area contributed by atoms with Crippen LogP contribution < -0.4 is 0 Å². The van der Waals surface area contributed by atoms with E-state index in [0.717, 1.165) is 11.3 Å². The van der Waals surface area contributed by atoms with E-state index in [2.05, 4.69) is 0 Å². The molecule has 0 saturated heterocycles. The van der Waals surface area contributed by atoms with E-state index < -0.39 is 7.60 Å². The smallest absolute Gasteiger partial charge is 0.363 e. The highest BCUT2D eigenvalue weighted by molar-refractivity contribution is 7.58. The Labute approximate surface area is 111 Å². The first-order chi connectivity index (χ1) is 8.33. The van der Waals surface area contributed by atoms with Crippen molar-refractivity contribution in [3.8, 4) is 0 Å². The van der Waals surface area contributed by atoms with Crippen molar-refractivity contribution in [3.05, 3.63) is 22.7 Å². The third-order valence-corrected chi connectivity index (χ3v) is 4.59. The van der Waals surface area contributed by atoms with Crippen molar-refractivity contribution in [1.29, 1.82) is 0 Å². The highest BCUT2D eigenvalue weighted by Crippen LogP contribution is 2.59. The number of rotatable bonds is 7. The zero-order valence-corrected chi connectivity index (χ0v) is 13.5. The van der Waals surface area contributed by atoms with Gasteiger partial charge in [-0.2, -0.15) is 0 Å². The van der Waals surface area contributed by atoms with Gasteiger partial charge < -0.3 is 13.9 Å². The molecule has 0 rings (SSSR count). The molecule has 0 saturated carbocycles. The fourth-order valence-electron chi connectivity index (χ4n) is 1.87. The van der Waals surface area contributed by atoms with E-state index in [1.165, 1.54) is 0 Å². The molecule has 0 spiro atoms. The minimum atomic E-state index is -3.23. The average Bonchev–Trinajstić information content (AvgIpc) is 2.24. The zero-order valence-electron chi connectivity index (χ0n) is 12.6. The predicted octanol–water partition coefficient (Wildman–Crippen LogP) is 4.01. The number of likely N-dealkylation sites (N-methyl/N-ethyl adjacent to an activating group) is 1. The molecule has 4 nitrogen and oxygen atoms in total. The van der Waals surface area contributed by atoms with Crippen LogP contribution in [0.5, 0.6) is 0 Å². The van der Waals surface area contributed by atoms with Crippen LogP contribution in [-0.2, 0) is 13.6 Å². The normalized spacial score (nSPS) is 12.5. The van der Waals surface area contributed by atoms with E-state index in [4.69, 9.17) is 9.05 Å². The van der Waals surface area contributed by atoms with Gasteiger partial charge in [0.05, 0.1) is 18.5 Å². The van der Waals surface area contributed by atoms with Gasteiger partial charge in [0, 0.05) is 19.8 Å². The van der Waals surface area contributed by atoms with Crippen molar-refractivity contribution < 1.29 is 13.6 Å². The summed E-state index contributed by atoms with van der Waals surface area (Å²) < 4.78 is 23.6. The molecule has 0 aliphatic heterocycles. The van der Waals surface area contributed by atoms with Gasteiger partial charge in [0.2, 0.25) is 0 Å². The molecule has 0 amide bonds. The molecule has 0 N–H and O–H groups in total. The minimum absolute atomic E-state index is 0.359. The summed E-state index contributed by atoms with van der Waals surface area (Å²) in [4.78, 5) is 1.94.